The van der Waals surface area contributed by atoms with E-state index in [4.69, 9.17) is 5.73 Å². The molecule has 2 atom stereocenters. The van der Waals surface area contributed by atoms with Crippen molar-refractivity contribution in [3.05, 3.63) is 29.6 Å². The molecule has 2 N–H and O–H groups in total. The van der Waals surface area contributed by atoms with Gasteiger partial charge in [0, 0.05) is 11.3 Å². The molecule has 5 heteroatoms. The summed E-state index contributed by atoms with van der Waals surface area (Å²) in [5, 5.41) is 0. The number of hydrogen-bond donors (Lipinski definition) is 1. The zero-order valence-corrected chi connectivity index (χ0v) is 10.4. The Kier molecular flexibility index (Phi) is 2.77. The van der Waals surface area contributed by atoms with Crippen molar-refractivity contribution >= 4 is 17.5 Å². The van der Waals surface area contributed by atoms with Crippen LogP contribution in [0.2, 0.25) is 0 Å². The molecule has 1 heterocycles. The predicted molar refractivity (Wildman–Crippen MR) is 67.2 cm³/mol. The van der Waals surface area contributed by atoms with Gasteiger partial charge in [-0.2, -0.15) is 0 Å². The van der Waals surface area contributed by atoms with Crippen molar-refractivity contribution in [1.29, 1.82) is 0 Å². The maximum atomic E-state index is 13.7. The van der Waals surface area contributed by atoms with Gasteiger partial charge in [0.05, 0.1) is 18.4 Å². The lowest BCUT2D eigenvalue weighted by Gasteiger charge is -2.17. The number of likely N-dealkylation sites (tertiary alicyclic amines) is 1. The third-order valence-electron chi connectivity index (χ3n) is 4.15. The molecule has 0 radical (unpaired) electrons. The van der Waals surface area contributed by atoms with Crippen LogP contribution in [0.15, 0.2) is 18.2 Å². The monoisotopic (exact) mass is 262 g/mol. The van der Waals surface area contributed by atoms with E-state index in [-0.39, 0.29) is 41.4 Å². The van der Waals surface area contributed by atoms with Gasteiger partial charge >= 0.3 is 0 Å². The van der Waals surface area contributed by atoms with Gasteiger partial charge in [-0.1, -0.05) is 12.5 Å². The van der Waals surface area contributed by atoms with E-state index in [0.717, 1.165) is 19.3 Å². The quantitative estimate of drug-likeness (QED) is 0.651. The molecule has 1 saturated carbocycles. The van der Waals surface area contributed by atoms with Crippen molar-refractivity contribution in [2.24, 2.45) is 11.8 Å². The fourth-order valence-electron chi connectivity index (χ4n) is 3.12. The Hall–Kier alpha value is -1.91. The van der Waals surface area contributed by atoms with Gasteiger partial charge < -0.3 is 5.73 Å². The number of carbonyl (C=O) groups excluding carboxylic acids is 2. The number of halogens is 1. The van der Waals surface area contributed by atoms with Crippen molar-refractivity contribution in [2.45, 2.75) is 25.8 Å². The number of nitrogen functional groups attached to an aromatic ring is 1. The lowest BCUT2D eigenvalue weighted by molar-refractivity contribution is -0.141. The van der Waals surface area contributed by atoms with E-state index in [9.17, 15) is 14.0 Å². The Morgan fingerprint density at radius 3 is 2.42 bits per heavy atom. The van der Waals surface area contributed by atoms with Gasteiger partial charge in [-0.3, -0.25) is 14.5 Å². The Labute approximate surface area is 110 Å². The highest BCUT2D eigenvalue weighted by Crippen LogP contribution is 2.40. The minimum Gasteiger partial charge on any atom is -0.398 e. The first-order chi connectivity index (χ1) is 9.09. The first-order valence-corrected chi connectivity index (χ1v) is 6.47. The zero-order chi connectivity index (χ0) is 13.6. The number of rotatable bonds is 2. The van der Waals surface area contributed by atoms with Crippen molar-refractivity contribution in [2.75, 3.05) is 5.73 Å². The van der Waals surface area contributed by atoms with Crippen LogP contribution in [0, 0.1) is 17.7 Å². The minimum atomic E-state index is -0.474. The number of anilines is 1. The van der Waals surface area contributed by atoms with Gasteiger partial charge in [0.1, 0.15) is 5.82 Å². The molecule has 2 amide bonds. The summed E-state index contributed by atoms with van der Waals surface area (Å²) in [5.41, 5.74) is 6.22. The third kappa shape index (κ3) is 1.80. The van der Waals surface area contributed by atoms with Gasteiger partial charge in [0.25, 0.3) is 0 Å². The molecule has 100 valence electrons. The molecule has 3 rings (SSSR count). The van der Waals surface area contributed by atoms with Crippen LogP contribution < -0.4 is 5.73 Å². The van der Waals surface area contributed by atoms with Crippen LogP contribution in [0.5, 0.6) is 0 Å². The van der Waals surface area contributed by atoms with E-state index >= 15 is 0 Å². The van der Waals surface area contributed by atoms with Crippen LogP contribution >= 0.6 is 0 Å². The van der Waals surface area contributed by atoms with Crippen molar-refractivity contribution in [1.82, 2.24) is 4.90 Å². The average molecular weight is 262 g/mol. The smallest absolute Gasteiger partial charge is 0.233 e. The van der Waals surface area contributed by atoms with Gasteiger partial charge in [0.2, 0.25) is 11.8 Å². The summed E-state index contributed by atoms with van der Waals surface area (Å²) >= 11 is 0. The molecule has 1 aliphatic heterocycles. The fraction of sp³-hybridized carbons (Fsp3) is 0.429. The largest absolute Gasteiger partial charge is 0.398 e. The molecule has 2 aliphatic rings. The number of nitrogens with two attached hydrogens (primary N) is 1. The van der Waals surface area contributed by atoms with Crippen LogP contribution in [0.25, 0.3) is 0 Å². The molecule has 0 bridgehead atoms. The van der Waals surface area contributed by atoms with Crippen LogP contribution in [-0.2, 0) is 16.1 Å². The Morgan fingerprint density at radius 1 is 1.21 bits per heavy atom. The molecular weight excluding hydrogens is 247 g/mol. The van der Waals surface area contributed by atoms with Gasteiger partial charge in [0.15, 0.2) is 0 Å². The summed E-state index contributed by atoms with van der Waals surface area (Å²) in [4.78, 5) is 25.5. The maximum absolute atomic E-state index is 13.7. The van der Waals surface area contributed by atoms with Crippen LogP contribution in [0.4, 0.5) is 10.1 Å². The standard InChI is InChI=1S/C14H15FN2O2/c15-11-5-2-6-12(16)10(11)7-17-13(18)8-3-1-4-9(8)14(17)19/h2,5-6,8-9H,1,3-4,7,16H2. The van der Waals surface area contributed by atoms with Crippen molar-refractivity contribution in [3.8, 4) is 0 Å². The predicted octanol–water partition coefficient (Wildman–Crippen LogP) is 1.69. The first-order valence-electron chi connectivity index (χ1n) is 6.47. The number of fused-ring (bicyclic) bond motifs is 1. The third-order valence-corrected chi connectivity index (χ3v) is 4.15. The van der Waals surface area contributed by atoms with Gasteiger partial charge in [-0.25, -0.2) is 4.39 Å². The normalized spacial score (nSPS) is 26.1. The Balaban J connectivity index is 1.88. The lowest BCUT2D eigenvalue weighted by atomic mass is 10.00. The zero-order valence-electron chi connectivity index (χ0n) is 10.4. The molecule has 2 unspecified atom stereocenters. The highest BCUT2D eigenvalue weighted by atomic mass is 19.1. The molecular formula is C14H15FN2O2. The number of amides is 2. The number of benzene rings is 1. The Bertz CT molecular complexity index is 516. The summed E-state index contributed by atoms with van der Waals surface area (Å²) in [7, 11) is 0. The molecule has 2 fully saturated rings. The molecule has 0 spiro atoms. The van der Waals surface area contributed by atoms with E-state index in [2.05, 4.69) is 0 Å². The summed E-state index contributed by atoms with van der Waals surface area (Å²) in [6.45, 7) is -0.0524. The molecule has 4 nitrogen and oxygen atoms in total. The number of hydrogen-bond acceptors (Lipinski definition) is 3. The molecule has 1 aliphatic carbocycles. The maximum Gasteiger partial charge on any atom is 0.233 e. The molecule has 0 aromatic heterocycles. The average Bonchev–Trinajstić information content (AvgIpc) is 2.93. The fourth-order valence-corrected chi connectivity index (χ4v) is 3.12. The van der Waals surface area contributed by atoms with E-state index in [1.807, 2.05) is 0 Å². The van der Waals surface area contributed by atoms with E-state index in [1.165, 1.54) is 17.0 Å². The molecule has 1 aromatic carbocycles. The number of imide groups is 1. The number of carbonyl (C=O) groups is 2. The van der Waals surface area contributed by atoms with Gasteiger partial charge in [-0.05, 0) is 25.0 Å². The number of nitrogens with zero attached hydrogens (tertiary/aromatic N) is 1. The summed E-state index contributed by atoms with van der Waals surface area (Å²) in [6.07, 6.45) is 2.44. The minimum absolute atomic E-state index is 0.0524. The Morgan fingerprint density at radius 2 is 1.84 bits per heavy atom. The van der Waals surface area contributed by atoms with E-state index in [0.29, 0.717) is 0 Å². The highest BCUT2D eigenvalue weighted by Gasteiger charge is 2.49. The SMILES string of the molecule is Nc1cccc(F)c1CN1C(=O)C2CCCC2C1=O. The lowest BCUT2D eigenvalue weighted by Crippen LogP contribution is -2.31. The second kappa shape index (κ2) is 4.33. The summed E-state index contributed by atoms with van der Waals surface area (Å²) < 4.78 is 13.7. The topological polar surface area (TPSA) is 63.4 Å². The second-order valence-electron chi connectivity index (χ2n) is 5.21. The van der Waals surface area contributed by atoms with Crippen LogP contribution in [0.1, 0.15) is 24.8 Å². The summed E-state index contributed by atoms with van der Waals surface area (Å²) in [5.74, 6) is -1.20. The van der Waals surface area contributed by atoms with E-state index in [1.54, 1.807) is 6.07 Å². The molecule has 1 aromatic rings. The highest BCUT2D eigenvalue weighted by molar-refractivity contribution is 6.05. The van der Waals surface area contributed by atoms with E-state index < -0.39 is 5.82 Å². The second-order valence-corrected chi connectivity index (χ2v) is 5.21. The molecule has 1 saturated heterocycles. The van der Waals surface area contributed by atoms with Crippen molar-refractivity contribution < 1.29 is 14.0 Å². The molecule has 19 heavy (non-hydrogen) atoms. The van der Waals surface area contributed by atoms with Crippen LogP contribution in [0.3, 0.4) is 0 Å². The van der Waals surface area contributed by atoms with Crippen LogP contribution in [-0.4, -0.2) is 16.7 Å². The van der Waals surface area contributed by atoms with Gasteiger partial charge in [-0.15, -0.1) is 0 Å². The first kappa shape index (κ1) is 12.1. The van der Waals surface area contributed by atoms with Crippen molar-refractivity contribution in [3.63, 3.8) is 0 Å². The summed E-state index contributed by atoms with van der Waals surface area (Å²) in [6, 6.07) is 4.37.